The van der Waals surface area contributed by atoms with Crippen LogP contribution in [0.1, 0.15) is 12.6 Å². The molecule has 2 unspecified atom stereocenters. The first kappa shape index (κ1) is 11.3. The molecule has 1 N–H and O–H groups in total. The Morgan fingerprint density at radius 1 is 1.53 bits per heavy atom. The van der Waals surface area contributed by atoms with Crippen molar-refractivity contribution in [2.45, 2.75) is 6.92 Å². The molecule has 2 rings (SSSR count). The number of nitriles is 1. The normalized spacial score (nSPS) is 23.4. The van der Waals surface area contributed by atoms with E-state index in [1.165, 1.54) is 12.4 Å². The van der Waals surface area contributed by atoms with Gasteiger partial charge in [0.25, 0.3) is 0 Å². The SMILES string of the molecule is CC1CN(c2nccnc2C#N)CC1C(=O)O. The first-order chi connectivity index (χ1) is 8.13. The molecule has 6 nitrogen and oxygen atoms in total. The Balaban J connectivity index is 2.26. The Morgan fingerprint density at radius 2 is 2.24 bits per heavy atom. The molecule has 0 amide bonds. The highest BCUT2D eigenvalue weighted by Gasteiger charge is 2.36. The summed E-state index contributed by atoms with van der Waals surface area (Å²) in [7, 11) is 0. The number of anilines is 1. The zero-order valence-corrected chi connectivity index (χ0v) is 9.37. The monoisotopic (exact) mass is 232 g/mol. The van der Waals surface area contributed by atoms with Crippen molar-refractivity contribution in [1.29, 1.82) is 5.26 Å². The van der Waals surface area contributed by atoms with Gasteiger partial charge in [-0.25, -0.2) is 9.97 Å². The zero-order chi connectivity index (χ0) is 12.4. The van der Waals surface area contributed by atoms with Gasteiger partial charge < -0.3 is 10.0 Å². The molecule has 1 aliphatic rings. The van der Waals surface area contributed by atoms with Crippen molar-refractivity contribution in [3.63, 3.8) is 0 Å². The molecule has 0 aliphatic carbocycles. The highest BCUT2D eigenvalue weighted by atomic mass is 16.4. The molecule has 0 aromatic carbocycles. The van der Waals surface area contributed by atoms with Gasteiger partial charge in [0, 0.05) is 25.5 Å². The second kappa shape index (κ2) is 4.37. The van der Waals surface area contributed by atoms with E-state index >= 15 is 0 Å². The van der Waals surface area contributed by atoms with Crippen LogP contribution in [0, 0.1) is 23.2 Å². The molecule has 88 valence electrons. The van der Waals surface area contributed by atoms with E-state index < -0.39 is 11.9 Å². The van der Waals surface area contributed by atoms with Crippen molar-refractivity contribution < 1.29 is 9.90 Å². The first-order valence-corrected chi connectivity index (χ1v) is 5.32. The van der Waals surface area contributed by atoms with E-state index in [0.717, 1.165) is 0 Å². The number of aromatic nitrogens is 2. The van der Waals surface area contributed by atoms with E-state index in [2.05, 4.69) is 9.97 Å². The highest BCUT2D eigenvalue weighted by molar-refractivity contribution is 5.72. The molecule has 0 spiro atoms. The van der Waals surface area contributed by atoms with E-state index in [9.17, 15) is 4.79 Å². The molecule has 1 aliphatic heterocycles. The molecule has 0 radical (unpaired) electrons. The van der Waals surface area contributed by atoms with Crippen molar-refractivity contribution in [3.8, 4) is 6.07 Å². The Bertz CT molecular complexity index is 483. The van der Waals surface area contributed by atoms with Gasteiger partial charge in [-0.2, -0.15) is 5.26 Å². The lowest BCUT2D eigenvalue weighted by atomic mass is 9.99. The van der Waals surface area contributed by atoms with Crippen LogP contribution in [-0.2, 0) is 4.79 Å². The van der Waals surface area contributed by atoms with Crippen LogP contribution in [-0.4, -0.2) is 34.1 Å². The molecular formula is C11H12N4O2. The van der Waals surface area contributed by atoms with E-state index in [-0.39, 0.29) is 11.6 Å². The first-order valence-electron chi connectivity index (χ1n) is 5.32. The van der Waals surface area contributed by atoms with E-state index in [1.807, 2.05) is 17.9 Å². The van der Waals surface area contributed by atoms with Gasteiger partial charge in [-0.05, 0) is 5.92 Å². The summed E-state index contributed by atoms with van der Waals surface area (Å²) in [6.45, 7) is 2.86. The van der Waals surface area contributed by atoms with Gasteiger partial charge in [-0.15, -0.1) is 0 Å². The largest absolute Gasteiger partial charge is 0.481 e. The van der Waals surface area contributed by atoms with Crippen LogP contribution in [0.2, 0.25) is 0 Å². The summed E-state index contributed by atoms with van der Waals surface area (Å²) in [6, 6.07) is 1.97. The van der Waals surface area contributed by atoms with Gasteiger partial charge in [0.1, 0.15) is 6.07 Å². The average molecular weight is 232 g/mol. The molecule has 1 aromatic heterocycles. The maximum Gasteiger partial charge on any atom is 0.308 e. The van der Waals surface area contributed by atoms with Crippen molar-refractivity contribution in [3.05, 3.63) is 18.1 Å². The minimum atomic E-state index is -0.803. The molecule has 1 aromatic rings. The quantitative estimate of drug-likeness (QED) is 0.798. The number of rotatable bonds is 2. The predicted octanol–water partition coefficient (Wildman–Crippen LogP) is 0.505. The van der Waals surface area contributed by atoms with Gasteiger partial charge in [0.15, 0.2) is 11.5 Å². The third-order valence-electron chi connectivity index (χ3n) is 3.01. The van der Waals surface area contributed by atoms with Gasteiger partial charge >= 0.3 is 5.97 Å². The van der Waals surface area contributed by atoms with Crippen LogP contribution < -0.4 is 4.90 Å². The molecule has 1 fully saturated rings. The molecular weight excluding hydrogens is 220 g/mol. The lowest BCUT2D eigenvalue weighted by Crippen LogP contribution is -2.24. The average Bonchev–Trinajstić information content (AvgIpc) is 2.71. The topological polar surface area (TPSA) is 90.1 Å². The van der Waals surface area contributed by atoms with Crippen molar-refractivity contribution in [1.82, 2.24) is 9.97 Å². The highest BCUT2D eigenvalue weighted by Crippen LogP contribution is 2.28. The standard InChI is InChI=1S/C11H12N4O2/c1-7-5-15(6-8(7)11(16)17)10-9(4-12)13-2-3-14-10/h2-3,7-8H,5-6H2,1H3,(H,16,17). The Morgan fingerprint density at radius 3 is 2.82 bits per heavy atom. The van der Waals surface area contributed by atoms with Crippen molar-refractivity contribution in [2.75, 3.05) is 18.0 Å². The predicted molar refractivity (Wildman–Crippen MR) is 59.2 cm³/mol. The lowest BCUT2D eigenvalue weighted by molar-refractivity contribution is -0.142. The number of hydrogen-bond acceptors (Lipinski definition) is 5. The summed E-state index contributed by atoms with van der Waals surface area (Å²) in [4.78, 5) is 20.9. The lowest BCUT2D eigenvalue weighted by Gasteiger charge is -2.16. The van der Waals surface area contributed by atoms with E-state index in [0.29, 0.717) is 18.9 Å². The fourth-order valence-electron chi connectivity index (χ4n) is 2.10. The minimum Gasteiger partial charge on any atom is -0.481 e. The maximum atomic E-state index is 11.0. The summed E-state index contributed by atoms with van der Waals surface area (Å²) < 4.78 is 0. The van der Waals surface area contributed by atoms with Gasteiger partial charge in [0.2, 0.25) is 0 Å². The van der Waals surface area contributed by atoms with Crippen LogP contribution in [0.15, 0.2) is 12.4 Å². The van der Waals surface area contributed by atoms with Crippen molar-refractivity contribution in [2.24, 2.45) is 11.8 Å². The Hall–Kier alpha value is -2.16. The summed E-state index contributed by atoms with van der Waals surface area (Å²) in [5.41, 5.74) is 0.241. The molecule has 17 heavy (non-hydrogen) atoms. The van der Waals surface area contributed by atoms with Gasteiger partial charge in [0.05, 0.1) is 5.92 Å². The van der Waals surface area contributed by atoms with Crippen LogP contribution in [0.5, 0.6) is 0 Å². The molecule has 0 bridgehead atoms. The van der Waals surface area contributed by atoms with Crippen LogP contribution in [0.25, 0.3) is 0 Å². The zero-order valence-electron chi connectivity index (χ0n) is 9.37. The molecule has 2 heterocycles. The Labute approximate surface area is 98.5 Å². The second-order valence-electron chi connectivity index (χ2n) is 4.17. The number of carboxylic acid groups (broad SMARTS) is 1. The minimum absolute atomic E-state index is 0.0426. The fourth-order valence-corrected chi connectivity index (χ4v) is 2.10. The number of nitrogens with zero attached hydrogens (tertiary/aromatic N) is 4. The third-order valence-corrected chi connectivity index (χ3v) is 3.01. The second-order valence-corrected chi connectivity index (χ2v) is 4.17. The number of carboxylic acids is 1. The molecule has 2 atom stereocenters. The van der Waals surface area contributed by atoms with Crippen LogP contribution in [0.4, 0.5) is 5.82 Å². The summed E-state index contributed by atoms with van der Waals surface area (Å²) in [5.74, 6) is -0.697. The molecule has 1 saturated heterocycles. The third kappa shape index (κ3) is 2.04. The summed E-state index contributed by atoms with van der Waals surface area (Å²) >= 11 is 0. The summed E-state index contributed by atoms with van der Waals surface area (Å²) in [6.07, 6.45) is 2.96. The molecule has 0 saturated carbocycles. The van der Waals surface area contributed by atoms with Gasteiger partial charge in [-0.1, -0.05) is 6.92 Å². The van der Waals surface area contributed by atoms with E-state index in [1.54, 1.807) is 0 Å². The maximum absolute atomic E-state index is 11.0. The number of aliphatic carboxylic acids is 1. The van der Waals surface area contributed by atoms with Crippen molar-refractivity contribution >= 4 is 11.8 Å². The van der Waals surface area contributed by atoms with Crippen LogP contribution >= 0.6 is 0 Å². The number of carbonyl (C=O) groups is 1. The summed E-state index contributed by atoms with van der Waals surface area (Å²) in [5, 5.41) is 18.0. The fraction of sp³-hybridized carbons (Fsp3) is 0.455. The van der Waals surface area contributed by atoms with E-state index in [4.69, 9.17) is 10.4 Å². The van der Waals surface area contributed by atoms with Gasteiger partial charge in [-0.3, -0.25) is 4.79 Å². The Kier molecular flexibility index (Phi) is 2.91. The number of hydrogen-bond donors (Lipinski definition) is 1. The van der Waals surface area contributed by atoms with Crippen LogP contribution in [0.3, 0.4) is 0 Å². The molecule has 6 heteroatoms. The smallest absolute Gasteiger partial charge is 0.308 e.